The first-order chi connectivity index (χ1) is 10.1. The quantitative estimate of drug-likeness (QED) is 0.846. The van der Waals surface area contributed by atoms with Crippen LogP contribution < -0.4 is 5.73 Å². The molecule has 0 aromatic carbocycles. The van der Waals surface area contributed by atoms with Crippen molar-refractivity contribution in [3.05, 3.63) is 23.0 Å². The van der Waals surface area contributed by atoms with Gasteiger partial charge in [0.2, 0.25) is 0 Å². The number of halogens is 1. The molecule has 1 aliphatic heterocycles. The van der Waals surface area contributed by atoms with Gasteiger partial charge in [-0.1, -0.05) is 11.6 Å². The molecule has 2 N–H and O–H groups in total. The first-order valence-electron chi connectivity index (χ1n) is 6.99. The summed E-state index contributed by atoms with van der Waals surface area (Å²) in [6.45, 7) is 2.76. The normalized spacial score (nSPS) is 17.3. The highest BCUT2D eigenvalue weighted by Crippen LogP contribution is 2.21. The van der Waals surface area contributed by atoms with Gasteiger partial charge in [0.05, 0.1) is 5.69 Å². The van der Waals surface area contributed by atoms with Crippen LogP contribution >= 0.6 is 11.6 Å². The average molecular weight is 308 g/mol. The smallest absolute Gasteiger partial charge is 0.181 e. The van der Waals surface area contributed by atoms with Crippen molar-refractivity contribution in [2.45, 2.75) is 25.4 Å². The minimum Gasteiger partial charge on any atom is -0.328 e. The summed E-state index contributed by atoms with van der Waals surface area (Å²) in [7, 11) is 1.80. The van der Waals surface area contributed by atoms with Gasteiger partial charge >= 0.3 is 0 Å². The van der Waals surface area contributed by atoms with E-state index in [1.165, 1.54) is 0 Å². The van der Waals surface area contributed by atoms with Crippen LogP contribution in [0.1, 0.15) is 18.5 Å². The number of nitrogens with zero attached hydrogens (tertiary/aromatic N) is 6. The number of rotatable bonds is 3. The molecule has 1 saturated heterocycles. The molecule has 3 rings (SSSR count). The Morgan fingerprint density at radius 3 is 2.76 bits per heavy atom. The minimum absolute atomic E-state index is 0.328. The number of tetrazole rings is 1. The Morgan fingerprint density at radius 2 is 2.10 bits per heavy atom. The van der Waals surface area contributed by atoms with Gasteiger partial charge < -0.3 is 5.73 Å². The van der Waals surface area contributed by atoms with Gasteiger partial charge in [0, 0.05) is 38.3 Å². The topological polar surface area (TPSA) is 85.8 Å². The molecule has 1 aliphatic rings. The number of likely N-dealkylation sites (tertiary alicyclic amines) is 1. The van der Waals surface area contributed by atoms with E-state index in [4.69, 9.17) is 17.3 Å². The van der Waals surface area contributed by atoms with Gasteiger partial charge in [0.15, 0.2) is 5.82 Å². The van der Waals surface area contributed by atoms with E-state index in [0.717, 1.165) is 43.7 Å². The second-order valence-corrected chi connectivity index (χ2v) is 5.80. The Kier molecular flexibility index (Phi) is 4.14. The fraction of sp³-hybridized carbons (Fsp3) is 0.538. The van der Waals surface area contributed by atoms with E-state index in [-0.39, 0.29) is 0 Å². The monoisotopic (exact) mass is 307 g/mol. The van der Waals surface area contributed by atoms with Crippen molar-refractivity contribution >= 4 is 11.6 Å². The third-order valence-electron chi connectivity index (χ3n) is 3.74. The summed E-state index contributed by atoms with van der Waals surface area (Å²) >= 11 is 6.13. The lowest BCUT2D eigenvalue weighted by molar-refractivity contribution is 0.203. The Bertz CT molecular complexity index is 619. The molecule has 3 heterocycles. The number of pyridine rings is 1. The lowest BCUT2D eigenvalue weighted by atomic mass is 10.1. The van der Waals surface area contributed by atoms with Gasteiger partial charge in [-0.3, -0.25) is 4.90 Å². The molecule has 2 aromatic rings. The highest BCUT2D eigenvalue weighted by atomic mass is 35.5. The van der Waals surface area contributed by atoms with E-state index in [9.17, 15) is 0 Å². The number of aryl methyl sites for hydroxylation is 1. The Hall–Kier alpha value is -1.57. The third kappa shape index (κ3) is 3.37. The zero-order valence-electron chi connectivity index (χ0n) is 11.9. The maximum absolute atomic E-state index is 6.13. The zero-order chi connectivity index (χ0) is 14.8. The summed E-state index contributed by atoms with van der Waals surface area (Å²) < 4.78 is 1.62. The Labute approximate surface area is 128 Å². The molecule has 2 aromatic heterocycles. The van der Waals surface area contributed by atoms with Crippen molar-refractivity contribution in [1.82, 2.24) is 30.1 Å². The summed E-state index contributed by atoms with van der Waals surface area (Å²) in [6.07, 6.45) is 2.06. The van der Waals surface area contributed by atoms with Crippen LogP contribution in [0, 0.1) is 0 Å². The molecule has 112 valence electrons. The van der Waals surface area contributed by atoms with Crippen molar-refractivity contribution in [1.29, 1.82) is 0 Å². The number of hydrogen-bond donors (Lipinski definition) is 1. The standard InChI is InChI=1S/C13H18ClN7/c1-20-13(17-18-19-20)9-6-11(16-12(14)7-9)8-21-4-2-10(15)3-5-21/h6-7,10H,2-5,8,15H2,1H3. The van der Waals surface area contributed by atoms with E-state index >= 15 is 0 Å². The lowest BCUT2D eigenvalue weighted by Crippen LogP contribution is -2.39. The molecule has 0 atom stereocenters. The second-order valence-electron chi connectivity index (χ2n) is 5.41. The lowest BCUT2D eigenvalue weighted by Gasteiger charge is -2.29. The van der Waals surface area contributed by atoms with Gasteiger partial charge in [-0.05, 0) is 35.4 Å². The molecule has 0 radical (unpaired) electrons. The highest BCUT2D eigenvalue weighted by molar-refractivity contribution is 6.29. The van der Waals surface area contributed by atoms with Crippen LogP contribution in [0.5, 0.6) is 0 Å². The molecule has 7 nitrogen and oxygen atoms in total. The van der Waals surface area contributed by atoms with E-state index in [1.54, 1.807) is 17.8 Å². The van der Waals surface area contributed by atoms with Gasteiger partial charge in [-0.2, -0.15) is 0 Å². The van der Waals surface area contributed by atoms with E-state index in [2.05, 4.69) is 25.4 Å². The van der Waals surface area contributed by atoms with Crippen LogP contribution in [0.15, 0.2) is 12.1 Å². The maximum Gasteiger partial charge on any atom is 0.181 e. The number of hydrogen-bond acceptors (Lipinski definition) is 6. The predicted octanol–water partition coefficient (Wildman–Crippen LogP) is 0.849. The summed E-state index contributed by atoms with van der Waals surface area (Å²) in [5.74, 6) is 0.682. The minimum atomic E-state index is 0.328. The van der Waals surface area contributed by atoms with Crippen LogP contribution in [0.3, 0.4) is 0 Å². The maximum atomic E-state index is 6.13. The molecule has 21 heavy (non-hydrogen) atoms. The van der Waals surface area contributed by atoms with E-state index < -0.39 is 0 Å². The summed E-state index contributed by atoms with van der Waals surface area (Å²) in [6, 6.07) is 4.10. The molecule has 0 saturated carbocycles. The zero-order valence-corrected chi connectivity index (χ0v) is 12.7. The number of aromatic nitrogens is 5. The van der Waals surface area contributed by atoms with E-state index in [1.807, 2.05) is 6.07 Å². The van der Waals surface area contributed by atoms with Gasteiger partial charge in [-0.25, -0.2) is 9.67 Å². The van der Waals surface area contributed by atoms with Gasteiger partial charge in [0.1, 0.15) is 5.15 Å². The van der Waals surface area contributed by atoms with Crippen LogP contribution in [0.2, 0.25) is 5.15 Å². The molecule has 0 bridgehead atoms. The largest absolute Gasteiger partial charge is 0.328 e. The second kappa shape index (κ2) is 6.05. The number of nitrogens with two attached hydrogens (primary N) is 1. The van der Waals surface area contributed by atoms with Crippen molar-refractivity contribution in [3.8, 4) is 11.4 Å². The fourth-order valence-electron chi connectivity index (χ4n) is 2.58. The Morgan fingerprint density at radius 1 is 1.33 bits per heavy atom. The molecule has 0 amide bonds. The fourth-order valence-corrected chi connectivity index (χ4v) is 2.80. The predicted molar refractivity (Wildman–Crippen MR) is 79.5 cm³/mol. The van der Waals surface area contributed by atoms with Gasteiger partial charge in [0.25, 0.3) is 0 Å². The molecular weight excluding hydrogens is 290 g/mol. The number of piperidine rings is 1. The van der Waals surface area contributed by atoms with Crippen LogP contribution in [-0.2, 0) is 13.6 Å². The van der Waals surface area contributed by atoms with Crippen molar-refractivity contribution in [2.75, 3.05) is 13.1 Å². The molecule has 1 fully saturated rings. The van der Waals surface area contributed by atoms with Crippen molar-refractivity contribution < 1.29 is 0 Å². The molecule has 0 spiro atoms. The average Bonchev–Trinajstić information content (AvgIpc) is 2.87. The SMILES string of the molecule is Cn1nnnc1-c1cc(Cl)nc(CN2CCC(N)CC2)c1. The first-order valence-corrected chi connectivity index (χ1v) is 7.37. The first kappa shape index (κ1) is 14.4. The van der Waals surface area contributed by atoms with Crippen LogP contribution in [0.25, 0.3) is 11.4 Å². The molecule has 8 heteroatoms. The van der Waals surface area contributed by atoms with Crippen molar-refractivity contribution in [3.63, 3.8) is 0 Å². The summed E-state index contributed by atoms with van der Waals surface area (Å²) in [5.41, 5.74) is 7.74. The summed E-state index contributed by atoms with van der Waals surface area (Å²) in [4.78, 5) is 6.75. The Balaban J connectivity index is 1.80. The molecular formula is C13H18ClN7. The van der Waals surface area contributed by atoms with Crippen LogP contribution in [0.4, 0.5) is 0 Å². The van der Waals surface area contributed by atoms with E-state index in [0.29, 0.717) is 17.0 Å². The molecule has 0 unspecified atom stereocenters. The summed E-state index contributed by atoms with van der Waals surface area (Å²) in [5, 5.41) is 12.0. The third-order valence-corrected chi connectivity index (χ3v) is 3.94. The van der Waals surface area contributed by atoms with Crippen molar-refractivity contribution in [2.24, 2.45) is 12.8 Å². The highest BCUT2D eigenvalue weighted by Gasteiger charge is 2.17. The molecule has 0 aliphatic carbocycles. The van der Waals surface area contributed by atoms with Crippen LogP contribution in [-0.4, -0.2) is 49.2 Å². The van der Waals surface area contributed by atoms with Gasteiger partial charge in [-0.15, -0.1) is 5.10 Å².